The van der Waals surface area contributed by atoms with Gasteiger partial charge in [-0.1, -0.05) is 6.42 Å². The van der Waals surface area contributed by atoms with Crippen LogP contribution in [-0.2, 0) is 11.3 Å². The monoisotopic (exact) mass is 322 g/mol. The average Bonchev–Trinajstić information content (AvgIpc) is 2.95. The van der Waals surface area contributed by atoms with Crippen molar-refractivity contribution in [2.75, 3.05) is 13.2 Å². The standard InChI is InChI=1S/C19H22N4O/c20-13-14-4-6-16(7-5-14)18-21-22-19-17(3-1-2-10-23(18)19)15-8-11-24-12-9-15/h4-7,15,17H,1-3,8-12H2. The predicted molar refractivity (Wildman–Crippen MR) is 90.3 cm³/mol. The van der Waals surface area contributed by atoms with Crippen LogP contribution in [0.25, 0.3) is 11.4 Å². The summed E-state index contributed by atoms with van der Waals surface area (Å²) in [5, 5.41) is 18.1. The van der Waals surface area contributed by atoms with Crippen molar-refractivity contribution in [1.82, 2.24) is 14.8 Å². The van der Waals surface area contributed by atoms with E-state index in [2.05, 4.69) is 20.8 Å². The Kier molecular flexibility index (Phi) is 4.31. The summed E-state index contributed by atoms with van der Waals surface area (Å²) in [5.41, 5.74) is 1.72. The van der Waals surface area contributed by atoms with E-state index >= 15 is 0 Å². The van der Waals surface area contributed by atoms with Crippen molar-refractivity contribution >= 4 is 0 Å². The Bertz CT molecular complexity index is 738. The van der Waals surface area contributed by atoms with Gasteiger partial charge in [-0.15, -0.1) is 10.2 Å². The van der Waals surface area contributed by atoms with Crippen LogP contribution in [0.5, 0.6) is 0 Å². The summed E-state index contributed by atoms with van der Waals surface area (Å²) in [5.74, 6) is 3.25. The highest BCUT2D eigenvalue weighted by Crippen LogP contribution is 2.38. The summed E-state index contributed by atoms with van der Waals surface area (Å²) in [6.07, 6.45) is 5.88. The molecule has 1 saturated heterocycles. The van der Waals surface area contributed by atoms with Crippen molar-refractivity contribution in [3.8, 4) is 17.5 Å². The van der Waals surface area contributed by atoms with E-state index in [1.165, 1.54) is 19.3 Å². The third-order valence-electron chi connectivity index (χ3n) is 5.37. The van der Waals surface area contributed by atoms with Crippen molar-refractivity contribution in [3.05, 3.63) is 35.7 Å². The van der Waals surface area contributed by atoms with Crippen LogP contribution in [0.4, 0.5) is 0 Å². The molecule has 2 aliphatic heterocycles. The minimum absolute atomic E-state index is 0.496. The first-order chi connectivity index (χ1) is 11.9. The number of ether oxygens (including phenoxy) is 1. The van der Waals surface area contributed by atoms with E-state index in [0.717, 1.165) is 49.8 Å². The lowest BCUT2D eigenvalue weighted by atomic mass is 9.82. The van der Waals surface area contributed by atoms with Gasteiger partial charge in [0, 0.05) is 31.2 Å². The van der Waals surface area contributed by atoms with Gasteiger partial charge in [0.2, 0.25) is 0 Å². The number of hydrogen-bond donors (Lipinski definition) is 0. The van der Waals surface area contributed by atoms with Crippen molar-refractivity contribution in [2.45, 2.75) is 44.6 Å². The number of aromatic nitrogens is 3. The van der Waals surface area contributed by atoms with Gasteiger partial charge < -0.3 is 9.30 Å². The molecule has 4 rings (SSSR count). The molecule has 3 heterocycles. The fourth-order valence-electron chi connectivity index (χ4n) is 4.05. The van der Waals surface area contributed by atoms with Crippen LogP contribution in [0, 0.1) is 17.2 Å². The van der Waals surface area contributed by atoms with Crippen LogP contribution in [0.15, 0.2) is 24.3 Å². The molecule has 0 saturated carbocycles. The molecule has 0 N–H and O–H groups in total. The molecular weight excluding hydrogens is 300 g/mol. The van der Waals surface area contributed by atoms with Crippen LogP contribution in [0.2, 0.25) is 0 Å². The minimum Gasteiger partial charge on any atom is -0.381 e. The van der Waals surface area contributed by atoms with Gasteiger partial charge >= 0.3 is 0 Å². The number of hydrogen-bond acceptors (Lipinski definition) is 4. The Morgan fingerprint density at radius 2 is 1.83 bits per heavy atom. The summed E-state index contributed by atoms with van der Waals surface area (Å²) in [4.78, 5) is 0. The molecule has 5 heteroatoms. The fourth-order valence-corrected chi connectivity index (χ4v) is 4.05. The zero-order valence-corrected chi connectivity index (χ0v) is 13.8. The number of benzene rings is 1. The lowest BCUT2D eigenvalue weighted by Gasteiger charge is -2.28. The molecule has 1 fully saturated rings. The molecule has 0 radical (unpaired) electrons. The fraction of sp³-hybridized carbons (Fsp3) is 0.526. The number of fused-ring (bicyclic) bond motifs is 1. The quantitative estimate of drug-likeness (QED) is 0.848. The highest BCUT2D eigenvalue weighted by molar-refractivity contribution is 5.57. The molecule has 24 heavy (non-hydrogen) atoms. The van der Waals surface area contributed by atoms with Gasteiger partial charge in [-0.05, 0) is 55.9 Å². The number of nitrogens with zero attached hydrogens (tertiary/aromatic N) is 4. The third kappa shape index (κ3) is 2.83. The Morgan fingerprint density at radius 3 is 2.58 bits per heavy atom. The number of rotatable bonds is 2. The second kappa shape index (κ2) is 6.74. The SMILES string of the molecule is N#Cc1ccc(-c2nnc3n2CCCCC3C2CCOCC2)cc1. The Hall–Kier alpha value is -2.19. The van der Waals surface area contributed by atoms with E-state index in [1.54, 1.807) is 0 Å². The topological polar surface area (TPSA) is 63.7 Å². The maximum atomic E-state index is 8.97. The third-order valence-corrected chi connectivity index (χ3v) is 5.37. The molecule has 0 bridgehead atoms. The van der Waals surface area contributed by atoms with Gasteiger partial charge in [-0.3, -0.25) is 0 Å². The van der Waals surface area contributed by atoms with E-state index in [-0.39, 0.29) is 0 Å². The molecule has 2 aliphatic rings. The first-order valence-electron chi connectivity index (χ1n) is 8.88. The summed E-state index contributed by atoms with van der Waals surface area (Å²) < 4.78 is 7.85. The molecule has 0 spiro atoms. The maximum Gasteiger partial charge on any atom is 0.163 e. The largest absolute Gasteiger partial charge is 0.381 e. The van der Waals surface area contributed by atoms with Crippen molar-refractivity contribution in [3.63, 3.8) is 0 Å². The molecule has 0 aliphatic carbocycles. The van der Waals surface area contributed by atoms with Gasteiger partial charge in [0.05, 0.1) is 11.6 Å². The first-order valence-corrected chi connectivity index (χ1v) is 8.88. The lowest BCUT2D eigenvalue weighted by Crippen LogP contribution is -2.23. The smallest absolute Gasteiger partial charge is 0.163 e. The van der Waals surface area contributed by atoms with Gasteiger partial charge in [-0.25, -0.2) is 0 Å². The molecule has 5 nitrogen and oxygen atoms in total. The number of nitriles is 1. The molecular formula is C19H22N4O. The molecule has 2 aromatic rings. The van der Waals surface area contributed by atoms with Crippen molar-refractivity contribution in [1.29, 1.82) is 5.26 Å². The first kappa shape index (κ1) is 15.3. The van der Waals surface area contributed by atoms with Crippen LogP contribution >= 0.6 is 0 Å². The Balaban J connectivity index is 1.69. The summed E-state index contributed by atoms with van der Waals surface area (Å²) in [7, 11) is 0. The Labute approximate surface area is 142 Å². The highest BCUT2D eigenvalue weighted by Gasteiger charge is 2.31. The van der Waals surface area contributed by atoms with E-state index in [4.69, 9.17) is 10.00 Å². The van der Waals surface area contributed by atoms with E-state index < -0.39 is 0 Å². The maximum absolute atomic E-state index is 8.97. The Morgan fingerprint density at radius 1 is 1.04 bits per heavy atom. The summed E-state index contributed by atoms with van der Waals surface area (Å²) in [6.45, 7) is 2.73. The van der Waals surface area contributed by atoms with Crippen LogP contribution in [0.1, 0.15) is 49.4 Å². The van der Waals surface area contributed by atoms with Gasteiger partial charge in [0.1, 0.15) is 5.82 Å². The molecule has 1 unspecified atom stereocenters. The van der Waals surface area contributed by atoms with Crippen LogP contribution in [-0.4, -0.2) is 28.0 Å². The zero-order chi connectivity index (χ0) is 16.4. The van der Waals surface area contributed by atoms with Crippen molar-refractivity contribution in [2.24, 2.45) is 5.92 Å². The predicted octanol–water partition coefficient (Wildman–Crippen LogP) is 3.51. The normalized spacial score (nSPS) is 21.7. The van der Waals surface area contributed by atoms with E-state index in [9.17, 15) is 0 Å². The van der Waals surface area contributed by atoms with Crippen LogP contribution in [0.3, 0.4) is 0 Å². The highest BCUT2D eigenvalue weighted by atomic mass is 16.5. The van der Waals surface area contributed by atoms with Gasteiger partial charge in [-0.2, -0.15) is 5.26 Å². The second-order valence-electron chi connectivity index (χ2n) is 6.77. The van der Waals surface area contributed by atoms with Crippen molar-refractivity contribution < 1.29 is 4.74 Å². The lowest BCUT2D eigenvalue weighted by molar-refractivity contribution is 0.0556. The van der Waals surface area contributed by atoms with Gasteiger partial charge in [0.15, 0.2) is 5.82 Å². The summed E-state index contributed by atoms with van der Waals surface area (Å²) >= 11 is 0. The molecule has 0 amide bonds. The molecule has 124 valence electrons. The van der Waals surface area contributed by atoms with Crippen LogP contribution < -0.4 is 0 Å². The second-order valence-corrected chi connectivity index (χ2v) is 6.77. The zero-order valence-electron chi connectivity index (χ0n) is 13.8. The summed E-state index contributed by atoms with van der Waals surface area (Å²) in [6, 6.07) is 9.82. The average molecular weight is 322 g/mol. The van der Waals surface area contributed by atoms with E-state index in [1.807, 2.05) is 24.3 Å². The van der Waals surface area contributed by atoms with E-state index in [0.29, 0.717) is 17.4 Å². The minimum atomic E-state index is 0.496. The molecule has 1 aromatic heterocycles. The molecule has 1 atom stereocenters. The molecule has 1 aromatic carbocycles. The van der Waals surface area contributed by atoms with Gasteiger partial charge in [0.25, 0.3) is 0 Å².